The number of nitrogens with zero attached hydrogens (tertiary/aromatic N) is 1. The summed E-state index contributed by atoms with van der Waals surface area (Å²) in [5.41, 5.74) is 0.711. The van der Waals surface area contributed by atoms with E-state index in [2.05, 4.69) is 9.71 Å². The fourth-order valence-electron chi connectivity index (χ4n) is 1.66. The topological polar surface area (TPSA) is 59.1 Å². The zero-order valence-electron chi connectivity index (χ0n) is 10.2. The molecule has 0 amide bonds. The van der Waals surface area contributed by atoms with E-state index in [1.165, 1.54) is 18.2 Å². The summed E-state index contributed by atoms with van der Waals surface area (Å²) >= 11 is 0. The van der Waals surface area contributed by atoms with Crippen LogP contribution < -0.4 is 4.72 Å². The number of hydrogen-bond acceptors (Lipinski definition) is 3. The molecular weight excluding hydrogens is 267 g/mol. The number of hydrogen-bond donors (Lipinski definition) is 1. The summed E-state index contributed by atoms with van der Waals surface area (Å²) in [5, 5.41) is 0. The highest BCUT2D eigenvalue weighted by Gasteiger charge is 2.21. The summed E-state index contributed by atoms with van der Waals surface area (Å²) in [4.78, 5) is 3.56. The van der Waals surface area contributed by atoms with Gasteiger partial charge in [0.1, 0.15) is 10.7 Å². The zero-order valence-corrected chi connectivity index (χ0v) is 11.1. The number of pyridine rings is 1. The molecule has 1 N–H and O–H groups in total. The Morgan fingerprint density at radius 2 is 1.95 bits per heavy atom. The molecule has 6 heteroatoms. The summed E-state index contributed by atoms with van der Waals surface area (Å²) in [6.07, 6.45) is 3.16. The molecule has 0 aliphatic carbocycles. The lowest BCUT2D eigenvalue weighted by atomic mass is 10.2. The first-order valence-electron chi connectivity index (χ1n) is 5.67. The van der Waals surface area contributed by atoms with Crippen molar-refractivity contribution in [3.05, 3.63) is 60.2 Å². The van der Waals surface area contributed by atoms with E-state index in [4.69, 9.17) is 0 Å². The quantitative estimate of drug-likeness (QED) is 0.934. The van der Waals surface area contributed by atoms with Gasteiger partial charge in [0.05, 0.1) is 0 Å². The highest BCUT2D eigenvalue weighted by Crippen LogP contribution is 2.18. The van der Waals surface area contributed by atoms with Gasteiger partial charge in [0.15, 0.2) is 0 Å². The lowest BCUT2D eigenvalue weighted by Gasteiger charge is -2.14. The summed E-state index contributed by atoms with van der Waals surface area (Å²) in [7, 11) is -3.89. The minimum Gasteiger partial charge on any atom is -0.264 e. The Hall–Kier alpha value is -1.79. The van der Waals surface area contributed by atoms with Crippen molar-refractivity contribution in [2.24, 2.45) is 0 Å². The minimum absolute atomic E-state index is 0.356. The van der Waals surface area contributed by atoms with Gasteiger partial charge in [0, 0.05) is 18.4 Å². The third kappa shape index (κ3) is 3.15. The Morgan fingerprint density at radius 3 is 2.58 bits per heavy atom. The van der Waals surface area contributed by atoms with Gasteiger partial charge in [-0.3, -0.25) is 4.98 Å². The van der Waals surface area contributed by atoms with Gasteiger partial charge in [-0.2, -0.15) is 0 Å². The zero-order chi connectivity index (χ0) is 13.9. The summed E-state index contributed by atoms with van der Waals surface area (Å²) in [6.45, 7) is 1.68. The Kier molecular flexibility index (Phi) is 3.92. The Balaban J connectivity index is 2.26. The molecular formula is C13H13FN2O2S. The van der Waals surface area contributed by atoms with Crippen molar-refractivity contribution in [1.29, 1.82) is 0 Å². The molecule has 0 radical (unpaired) electrons. The number of nitrogens with one attached hydrogen (secondary N) is 1. The van der Waals surface area contributed by atoms with Crippen LogP contribution in [0.2, 0.25) is 0 Å². The largest absolute Gasteiger partial charge is 0.264 e. The van der Waals surface area contributed by atoms with Crippen LogP contribution in [-0.2, 0) is 10.0 Å². The molecule has 0 aliphatic heterocycles. The van der Waals surface area contributed by atoms with Crippen molar-refractivity contribution >= 4 is 10.0 Å². The molecule has 0 fully saturated rings. The molecule has 2 rings (SSSR count). The van der Waals surface area contributed by atoms with E-state index < -0.39 is 21.9 Å². The van der Waals surface area contributed by atoms with Crippen LogP contribution in [0.1, 0.15) is 18.5 Å². The first-order valence-corrected chi connectivity index (χ1v) is 7.16. The van der Waals surface area contributed by atoms with Gasteiger partial charge in [0.25, 0.3) is 0 Å². The van der Waals surface area contributed by atoms with Crippen LogP contribution >= 0.6 is 0 Å². The third-order valence-electron chi connectivity index (χ3n) is 2.64. The van der Waals surface area contributed by atoms with E-state index in [0.29, 0.717) is 5.56 Å². The van der Waals surface area contributed by atoms with E-state index in [1.54, 1.807) is 31.5 Å². The summed E-state index contributed by atoms with van der Waals surface area (Å²) in [6, 6.07) is 8.24. The molecule has 1 aromatic carbocycles. The predicted octanol–water partition coefficient (Wildman–Crippen LogP) is 2.26. The molecule has 0 saturated carbocycles. The van der Waals surface area contributed by atoms with Crippen LogP contribution in [0, 0.1) is 5.82 Å². The molecule has 19 heavy (non-hydrogen) atoms. The molecule has 0 bridgehead atoms. The minimum atomic E-state index is -3.89. The first-order chi connectivity index (χ1) is 9.00. The monoisotopic (exact) mass is 280 g/mol. The maximum atomic E-state index is 13.5. The van der Waals surface area contributed by atoms with Crippen molar-refractivity contribution in [3.63, 3.8) is 0 Å². The maximum absolute atomic E-state index is 13.5. The van der Waals surface area contributed by atoms with Crippen molar-refractivity contribution < 1.29 is 12.8 Å². The van der Waals surface area contributed by atoms with E-state index in [1.807, 2.05) is 0 Å². The molecule has 0 saturated heterocycles. The Morgan fingerprint density at radius 1 is 1.21 bits per heavy atom. The Labute approximate surface area is 111 Å². The highest BCUT2D eigenvalue weighted by atomic mass is 32.2. The van der Waals surface area contributed by atoms with E-state index in [-0.39, 0.29) is 4.90 Å². The van der Waals surface area contributed by atoms with Gasteiger partial charge in [-0.1, -0.05) is 18.2 Å². The van der Waals surface area contributed by atoms with Crippen LogP contribution in [0.4, 0.5) is 4.39 Å². The molecule has 4 nitrogen and oxygen atoms in total. The smallest absolute Gasteiger partial charge is 0.244 e. The number of rotatable bonds is 4. The van der Waals surface area contributed by atoms with Gasteiger partial charge >= 0.3 is 0 Å². The number of sulfonamides is 1. The normalized spacial score (nSPS) is 13.2. The highest BCUT2D eigenvalue weighted by molar-refractivity contribution is 7.89. The fraction of sp³-hybridized carbons (Fsp3) is 0.154. The van der Waals surface area contributed by atoms with Crippen LogP contribution in [-0.4, -0.2) is 13.4 Å². The van der Waals surface area contributed by atoms with Gasteiger partial charge in [0.2, 0.25) is 10.0 Å². The third-order valence-corrected chi connectivity index (χ3v) is 4.22. The molecule has 0 aliphatic rings. The van der Waals surface area contributed by atoms with Crippen molar-refractivity contribution in [3.8, 4) is 0 Å². The van der Waals surface area contributed by atoms with Crippen LogP contribution in [0.3, 0.4) is 0 Å². The lowest BCUT2D eigenvalue weighted by molar-refractivity contribution is 0.546. The predicted molar refractivity (Wildman–Crippen MR) is 69.4 cm³/mol. The second kappa shape index (κ2) is 5.46. The average molecular weight is 280 g/mol. The van der Waals surface area contributed by atoms with Gasteiger partial charge in [-0.05, 0) is 30.7 Å². The molecule has 0 spiro atoms. The molecule has 1 heterocycles. The van der Waals surface area contributed by atoms with Gasteiger partial charge in [-0.15, -0.1) is 0 Å². The van der Waals surface area contributed by atoms with Gasteiger partial charge < -0.3 is 0 Å². The van der Waals surface area contributed by atoms with Crippen molar-refractivity contribution in [1.82, 2.24) is 9.71 Å². The standard InChI is InChI=1S/C13H13FN2O2S/c1-10(11-5-4-8-15-9-11)16-19(17,18)13-7-3-2-6-12(13)14/h2-10,16H,1H3/t10-/m0/s1. The molecule has 1 aromatic heterocycles. The molecule has 2 aromatic rings. The summed E-state index contributed by atoms with van der Waals surface area (Å²) in [5.74, 6) is -0.770. The van der Waals surface area contributed by atoms with Crippen LogP contribution in [0.5, 0.6) is 0 Å². The second-order valence-electron chi connectivity index (χ2n) is 4.06. The first kappa shape index (κ1) is 13.6. The fourth-order valence-corrected chi connectivity index (χ4v) is 2.97. The van der Waals surface area contributed by atoms with Crippen LogP contribution in [0.15, 0.2) is 53.7 Å². The van der Waals surface area contributed by atoms with E-state index in [9.17, 15) is 12.8 Å². The maximum Gasteiger partial charge on any atom is 0.244 e. The van der Waals surface area contributed by atoms with E-state index >= 15 is 0 Å². The number of halogens is 1. The molecule has 1 atom stereocenters. The van der Waals surface area contributed by atoms with E-state index in [0.717, 1.165) is 6.07 Å². The van der Waals surface area contributed by atoms with Crippen LogP contribution in [0.25, 0.3) is 0 Å². The number of benzene rings is 1. The Bertz CT molecular complexity index is 659. The second-order valence-corrected chi connectivity index (χ2v) is 5.74. The van der Waals surface area contributed by atoms with Crippen molar-refractivity contribution in [2.45, 2.75) is 17.9 Å². The summed E-state index contributed by atoms with van der Waals surface area (Å²) < 4.78 is 40.1. The SMILES string of the molecule is C[C@H](NS(=O)(=O)c1ccccc1F)c1cccnc1. The van der Waals surface area contributed by atoms with Crippen molar-refractivity contribution in [2.75, 3.05) is 0 Å². The number of aromatic nitrogens is 1. The molecule has 0 unspecified atom stereocenters. The van der Waals surface area contributed by atoms with Gasteiger partial charge in [-0.25, -0.2) is 17.5 Å². The molecule has 100 valence electrons. The lowest BCUT2D eigenvalue weighted by Crippen LogP contribution is -2.27. The average Bonchev–Trinajstić information content (AvgIpc) is 2.39.